The zero-order valence-corrected chi connectivity index (χ0v) is 10.7. The van der Waals surface area contributed by atoms with Gasteiger partial charge in [0.2, 0.25) is 0 Å². The minimum atomic E-state index is 0.152. The zero-order valence-electron chi connectivity index (χ0n) is 10.7. The summed E-state index contributed by atoms with van der Waals surface area (Å²) in [4.78, 5) is 0. The number of nitrogens with zero attached hydrogens (tertiary/aromatic N) is 2. The largest absolute Gasteiger partial charge is 0.380 e. The molecule has 1 heterocycles. The molecule has 4 heteroatoms. The Morgan fingerprint density at radius 2 is 2.25 bits per heavy atom. The van der Waals surface area contributed by atoms with Gasteiger partial charge in [-0.1, -0.05) is 13.8 Å². The zero-order chi connectivity index (χ0) is 12.0. The predicted molar refractivity (Wildman–Crippen MR) is 65.4 cm³/mol. The SMILES string of the molecule is CCCn1cc(C(NCC)C(C)OC)cn1. The van der Waals surface area contributed by atoms with Crippen LogP contribution in [-0.4, -0.2) is 29.5 Å². The third-order valence-corrected chi connectivity index (χ3v) is 2.73. The van der Waals surface area contributed by atoms with Crippen LogP contribution in [0.25, 0.3) is 0 Å². The molecule has 1 aromatic heterocycles. The van der Waals surface area contributed by atoms with Crippen LogP contribution >= 0.6 is 0 Å². The van der Waals surface area contributed by atoms with Gasteiger partial charge in [-0.3, -0.25) is 4.68 Å². The molecule has 0 aliphatic heterocycles. The molecule has 2 atom stereocenters. The number of likely N-dealkylation sites (N-methyl/N-ethyl adjacent to an activating group) is 1. The van der Waals surface area contributed by atoms with Crippen LogP contribution in [0.3, 0.4) is 0 Å². The standard InChI is InChI=1S/C12H23N3O/c1-5-7-15-9-11(8-14-15)12(13-6-2)10(3)16-4/h8-10,12-13H,5-7H2,1-4H3. The summed E-state index contributed by atoms with van der Waals surface area (Å²) in [5, 5.41) is 7.77. The van der Waals surface area contributed by atoms with Crippen molar-refractivity contribution >= 4 is 0 Å². The first-order chi connectivity index (χ1) is 7.72. The fraction of sp³-hybridized carbons (Fsp3) is 0.750. The highest BCUT2D eigenvalue weighted by atomic mass is 16.5. The second kappa shape index (κ2) is 6.66. The number of aromatic nitrogens is 2. The van der Waals surface area contributed by atoms with Gasteiger partial charge in [0.25, 0.3) is 0 Å². The Balaban J connectivity index is 2.75. The molecule has 0 spiro atoms. The third kappa shape index (κ3) is 3.32. The second-order valence-corrected chi connectivity index (χ2v) is 4.01. The van der Waals surface area contributed by atoms with E-state index in [-0.39, 0.29) is 12.1 Å². The van der Waals surface area contributed by atoms with E-state index in [1.54, 1.807) is 7.11 Å². The quantitative estimate of drug-likeness (QED) is 0.771. The number of hydrogen-bond donors (Lipinski definition) is 1. The highest BCUT2D eigenvalue weighted by Crippen LogP contribution is 2.18. The molecule has 0 bridgehead atoms. The van der Waals surface area contributed by atoms with E-state index in [2.05, 4.69) is 37.4 Å². The molecule has 4 nitrogen and oxygen atoms in total. The first-order valence-electron chi connectivity index (χ1n) is 6.01. The molecule has 0 aliphatic rings. The van der Waals surface area contributed by atoms with Gasteiger partial charge in [-0.15, -0.1) is 0 Å². The van der Waals surface area contributed by atoms with E-state index >= 15 is 0 Å². The number of nitrogens with one attached hydrogen (secondary N) is 1. The first kappa shape index (κ1) is 13.2. The van der Waals surface area contributed by atoms with Crippen LogP contribution in [0, 0.1) is 0 Å². The molecule has 0 radical (unpaired) electrons. The van der Waals surface area contributed by atoms with Crippen molar-refractivity contribution < 1.29 is 4.74 Å². The lowest BCUT2D eigenvalue weighted by Crippen LogP contribution is -2.31. The first-order valence-corrected chi connectivity index (χ1v) is 6.01. The summed E-state index contributed by atoms with van der Waals surface area (Å²) in [7, 11) is 1.74. The van der Waals surface area contributed by atoms with Crippen molar-refractivity contribution in [3.05, 3.63) is 18.0 Å². The van der Waals surface area contributed by atoms with Crippen LogP contribution in [0.5, 0.6) is 0 Å². The van der Waals surface area contributed by atoms with Crippen LogP contribution in [0.15, 0.2) is 12.4 Å². The number of hydrogen-bond acceptors (Lipinski definition) is 3. The van der Waals surface area contributed by atoms with Gasteiger partial charge in [0, 0.05) is 25.4 Å². The maximum absolute atomic E-state index is 5.39. The van der Waals surface area contributed by atoms with Crippen LogP contribution in [0.4, 0.5) is 0 Å². The van der Waals surface area contributed by atoms with Crippen molar-refractivity contribution in [2.45, 2.75) is 45.9 Å². The van der Waals surface area contributed by atoms with E-state index in [1.165, 1.54) is 5.56 Å². The monoisotopic (exact) mass is 225 g/mol. The molecular weight excluding hydrogens is 202 g/mol. The molecule has 1 aromatic rings. The smallest absolute Gasteiger partial charge is 0.0739 e. The fourth-order valence-corrected chi connectivity index (χ4v) is 1.80. The van der Waals surface area contributed by atoms with Gasteiger partial charge in [-0.2, -0.15) is 5.10 Å². The summed E-state index contributed by atoms with van der Waals surface area (Å²) < 4.78 is 7.38. The average molecular weight is 225 g/mol. The van der Waals surface area contributed by atoms with E-state index in [4.69, 9.17) is 4.74 Å². The van der Waals surface area contributed by atoms with Crippen LogP contribution < -0.4 is 5.32 Å². The lowest BCUT2D eigenvalue weighted by molar-refractivity contribution is 0.0835. The van der Waals surface area contributed by atoms with E-state index < -0.39 is 0 Å². The van der Waals surface area contributed by atoms with Crippen molar-refractivity contribution in [2.75, 3.05) is 13.7 Å². The number of rotatable bonds is 7. The van der Waals surface area contributed by atoms with Crippen molar-refractivity contribution in [3.8, 4) is 0 Å². The maximum atomic E-state index is 5.39. The highest BCUT2D eigenvalue weighted by molar-refractivity contribution is 5.12. The Labute approximate surface area is 98.0 Å². The van der Waals surface area contributed by atoms with Crippen molar-refractivity contribution in [1.29, 1.82) is 0 Å². The number of aryl methyl sites for hydroxylation is 1. The van der Waals surface area contributed by atoms with Gasteiger partial charge in [0.05, 0.1) is 18.3 Å². The summed E-state index contributed by atoms with van der Waals surface area (Å²) in [6, 6.07) is 0.223. The normalized spacial score (nSPS) is 15.0. The molecule has 16 heavy (non-hydrogen) atoms. The molecular formula is C12H23N3O. The van der Waals surface area contributed by atoms with Crippen molar-refractivity contribution in [1.82, 2.24) is 15.1 Å². The molecule has 1 rings (SSSR count). The third-order valence-electron chi connectivity index (χ3n) is 2.73. The fourth-order valence-electron chi connectivity index (χ4n) is 1.80. The summed E-state index contributed by atoms with van der Waals surface area (Å²) in [6.07, 6.45) is 5.29. The minimum Gasteiger partial charge on any atom is -0.380 e. The molecule has 1 N–H and O–H groups in total. The Morgan fingerprint density at radius 3 is 2.81 bits per heavy atom. The Bertz CT molecular complexity index is 298. The number of ether oxygens (including phenoxy) is 1. The summed E-state index contributed by atoms with van der Waals surface area (Å²) in [5.74, 6) is 0. The van der Waals surface area contributed by atoms with Crippen molar-refractivity contribution in [3.63, 3.8) is 0 Å². The summed E-state index contributed by atoms with van der Waals surface area (Å²) in [6.45, 7) is 8.23. The predicted octanol–water partition coefficient (Wildman–Crippen LogP) is 1.98. The molecule has 0 saturated carbocycles. The molecule has 0 amide bonds. The van der Waals surface area contributed by atoms with Gasteiger partial charge in [-0.05, 0) is 19.9 Å². The molecule has 0 fully saturated rings. The number of methoxy groups -OCH3 is 1. The summed E-state index contributed by atoms with van der Waals surface area (Å²) in [5.41, 5.74) is 1.20. The van der Waals surface area contributed by atoms with E-state index in [0.29, 0.717) is 0 Å². The van der Waals surface area contributed by atoms with Crippen LogP contribution in [0.2, 0.25) is 0 Å². The summed E-state index contributed by atoms with van der Waals surface area (Å²) >= 11 is 0. The molecule has 0 saturated heterocycles. The van der Waals surface area contributed by atoms with Gasteiger partial charge in [0.15, 0.2) is 0 Å². The van der Waals surface area contributed by atoms with Crippen molar-refractivity contribution in [2.24, 2.45) is 0 Å². The topological polar surface area (TPSA) is 39.1 Å². The Kier molecular flexibility index (Phi) is 5.49. The molecule has 2 unspecified atom stereocenters. The maximum Gasteiger partial charge on any atom is 0.0739 e. The van der Waals surface area contributed by atoms with Gasteiger partial charge in [-0.25, -0.2) is 0 Å². The van der Waals surface area contributed by atoms with E-state index in [1.807, 2.05) is 10.9 Å². The molecule has 0 aliphatic carbocycles. The highest BCUT2D eigenvalue weighted by Gasteiger charge is 2.19. The van der Waals surface area contributed by atoms with Gasteiger partial charge in [0.1, 0.15) is 0 Å². The average Bonchev–Trinajstić information content (AvgIpc) is 2.74. The van der Waals surface area contributed by atoms with E-state index in [9.17, 15) is 0 Å². The minimum absolute atomic E-state index is 0.152. The molecule has 92 valence electrons. The van der Waals surface area contributed by atoms with Crippen LogP contribution in [0.1, 0.15) is 38.8 Å². The van der Waals surface area contributed by atoms with Gasteiger partial charge < -0.3 is 10.1 Å². The lowest BCUT2D eigenvalue weighted by Gasteiger charge is -2.22. The molecule has 0 aromatic carbocycles. The lowest BCUT2D eigenvalue weighted by atomic mass is 10.1. The van der Waals surface area contributed by atoms with Crippen LogP contribution in [-0.2, 0) is 11.3 Å². The van der Waals surface area contributed by atoms with Gasteiger partial charge >= 0.3 is 0 Å². The van der Waals surface area contributed by atoms with E-state index in [0.717, 1.165) is 19.5 Å². The second-order valence-electron chi connectivity index (χ2n) is 4.01. The Morgan fingerprint density at radius 1 is 1.50 bits per heavy atom. The Hall–Kier alpha value is -0.870.